The fourth-order valence-electron chi connectivity index (χ4n) is 3.00. The van der Waals surface area contributed by atoms with E-state index < -0.39 is 0 Å². The number of nitrogens with one attached hydrogen (secondary N) is 1. The van der Waals surface area contributed by atoms with Gasteiger partial charge in [-0.25, -0.2) is 9.78 Å². The van der Waals surface area contributed by atoms with Crippen LogP contribution in [0.2, 0.25) is 0 Å². The molecular formula is C19H25N5O4. The van der Waals surface area contributed by atoms with Crippen molar-refractivity contribution in [2.75, 3.05) is 49.5 Å². The molecule has 1 aliphatic rings. The summed E-state index contributed by atoms with van der Waals surface area (Å²) in [5, 5.41) is 6.49. The van der Waals surface area contributed by atoms with Crippen molar-refractivity contribution >= 4 is 23.5 Å². The summed E-state index contributed by atoms with van der Waals surface area (Å²) in [4.78, 5) is 32.5. The molecule has 1 saturated heterocycles. The maximum absolute atomic E-state index is 12.0. The Labute approximate surface area is 163 Å². The molecule has 1 N–H and O–H groups in total. The summed E-state index contributed by atoms with van der Waals surface area (Å²) in [6, 6.07) is 5.27. The van der Waals surface area contributed by atoms with Gasteiger partial charge in [0, 0.05) is 51.4 Å². The van der Waals surface area contributed by atoms with Crippen LogP contribution in [0.4, 0.5) is 11.6 Å². The molecule has 0 spiro atoms. The Morgan fingerprint density at radius 1 is 1.25 bits per heavy atom. The number of pyridine rings is 1. The molecule has 0 aliphatic carbocycles. The van der Waals surface area contributed by atoms with Crippen LogP contribution in [-0.2, 0) is 9.53 Å². The number of amides is 1. The molecular weight excluding hydrogens is 362 g/mol. The van der Waals surface area contributed by atoms with E-state index in [-0.39, 0.29) is 11.9 Å². The van der Waals surface area contributed by atoms with Crippen LogP contribution in [0.5, 0.6) is 0 Å². The van der Waals surface area contributed by atoms with E-state index in [1.807, 2.05) is 6.07 Å². The zero-order valence-electron chi connectivity index (χ0n) is 16.2. The van der Waals surface area contributed by atoms with Crippen LogP contribution in [0.15, 0.2) is 28.9 Å². The summed E-state index contributed by atoms with van der Waals surface area (Å²) >= 11 is 0. The molecule has 150 valence electrons. The number of aryl methyl sites for hydroxylation is 1. The zero-order valence-corrected chi connectivity index (χ0v) is 16.2. The van der Waals surface area contributed by atoms with Crippen molar-refractivity contribution in [2.45, 2.75) is 20.3 Å². The molecule has 28 heavy (non-hydrogen) atoms. The second-order valence-electron chi connectivity index (χ2n) is 6.58. The smallest absolute Gasteiger partial charge is 0.339 e. The van der Waals surface area contributed by atoms with E-state index in [1.54, 1.807) is 32.2 Å². The molecule has 0 bridgehead atoms. The lowest BCUT2D eigenvalue weighted by atomic mass is 10.2. The van der Waals surface area contributed by atoms with Gasteiger partial charge >= 0.3 is 5.97 Å². The molecule has 1 aliphatic heterocycles. The fraction of sp³-hybridized carbons (Fsp3) is 0.474. The zero-order chi connectivity index (χ0) is 19.9. The number of carbonyl (C=O) groups is 2. The van der Waals surface area contributed by atoms with Crippen molar-refractivity contribution in [1.29, 1.82) is 0 Å². The van der Waals surface area contributed by atoms with Crippen LogP contribution in [0.3, 0.4) is 0 Å². The first kappa shape index (κ1) is 19.8. The van der Waals surface area contributed by atoms with Crippen molar-refractivity contribution < 1.29 is 18.8 Å². The number of anilines is 2. The van der Waals surface area contributed by atoms with Crippen molar-refractivity contribution in [3.05, 3.63) is 35.7 Å². The van der Waals surface area contributed by atoms with Crippen LogP contribution in [0.25, 0.3) is 0 Å². The molecule has 0 aromatic carbocycles. The maximum Gasteiger partial charge on any atom is 0.339 e. The minimum Gasteiger partial charge on any atom is -0.462 e. The Morgan fingerprint density at radius 3 is 2.64 bits per heavy atom. The molecule has 0 saturated carbocycles. The molecule has 3 rings (SSSR count). The van der Waals surface area contributed by atoms with E-state index in [0.29, 0.717) is 36.7 Å². The highest BCUT2D eigenvalue weighted by molar-refractivity contribution is 5.90. The standard InChI is InChI=1S/C19H25N5O4/c1-3-27-19(26)15-4-5-17(20-13-15)24-10-8-23(9-11-24)7-6-18(25)21-16-12-14(2)28-22-16/h4-5,12-13H,3,6-11H2,1-2H3,(H,21,22,25). The van der Waals surface area contributed by atoms with Gasteiger partial charge in [-0.15, -0.1) is 0 Å². The first-order chi connectivity index (χ1) is 13.5. The van der Waals surface area contributed by atoms with E-state index in [4.69, 9.17) is 9.26 Å². The normalized spacial score (nSPS) is 14.7. The molecule has 1 fully saturated rings. The Bertz CT molecular complexity index is 797. The summed E-state index contributed by atoms with van der Waals surface area (Å²) < 4.78 is 9.91. The van der Waals surface area contributed by atoms with Crippen molar-refractivity contribution in [3.8, 4) is 0 Å². The average molecular weight is 387 g/mol. The van der Waals surface area contributed by atoms with Crippen LogP contribution in [-0.4, -0.2) is 66.2 Å². The summed E-state index contributed by atoms with van der Waals surface area (Å²) in [6.45, 7) is 7.91. The number of piperazine rings is 1. The van der Waals surface area contributed by atoms with E-state index >= 15 is 0 Å². The van der Waals surface area contributed by atoms with Crippen molar-refractivity contribution in [2.24, 2.45) is 0 Å². The highest BCUT2D eigenvalue weighted by atomic mass is 16.5. The lowest BCUT2D eigenvalue weighted by Crippen LogP contribution is -2.47. The van der Waals surface area contributed by atoms with Crippen molar-refractivity contribution in [3.63, 3.8) is 0 Å². The van der Waals surface area contributed by atoms with Gasteiger partial charge in [0.05, 0.1) is 12.2 Å². The SMILES string of the molecule is CCOC(=O)c1ccc(N2CCN(CCC(=O)Nc3cc(C)on3)CC2)nc1. The minimum atomic E-state index is -0.356. The van der Waals surface area contributed by atoms with Crippen LogP contribution in [0, 0.1) is 6.92 Å². The second kappa shape index (κ2) is 9.32. The fourth-order valence-corrected chi connectivity index (χ4v) is 3.00. The number of nitrogens with zero attached hydrogens (tertiary/aromatic N) is 4. The lowest BCUT2D eigenvalue weighted by molar-refractivity contribution is -0.116. The number of esters is 1. The third kappa shape index (κ3) is 5.29. The number of rotatable bonds is 7. The number of aromatic nitrogens is 2. The van der Waals surface area contributed by atoms with Gasteiger partial charge in [-0.2, -0.15) is 0 Å². The molecule has 9 nitrogen and oxygen atoms in total. The molecule has 0 radical (unpaired) electrons. The Morgan fingerprint density at radius 2 is 2.04 bits per heavy atom. The Balaban J connectivity index is 1.41. The quantitative estimate of drug-likeness (QED) is 0.717. The molecule has 0 unspecified atom stereocenters. The van der Waals surface area contributed by atoms with Gasteiger partial charge in [0.25, 0.3) is 0 Å². The van der Waals surface area contributed by atoms with Crippen LogP contribution in [0.1, 0.15) is 29.5 Å². The van der Waals surface area contributed by atoms with Crippen LogP contribution >= 0.6 is 0 Å². The predicted molar refractivity (Wildman–Crippen MR) is 103 cm³/mol. The Kier molecular flexibility index (Phi) is 6.59. The minimum absolute atomic E-state index is 0.0769. The summed E-state index contributed by atoms with van der Waals surface area (Å²) in [5.74, 6) is 1.52. The van der Waals surface area contributed by atoms with Gasteiger partial charge < -0.3 is 19.5 Å². The topological polar surface area (TPSA) is 101 Å². The number of hydrogen-bond donors (Lipinski definition) is 1. The monoisotopic (exact) mass is 387 g/mol. The van der Waals surface area contributed by atoms with Gasteiger partial charge in [-0.05, 0) is 26.0 Å². The molecule has 3 heterocycles. The first-order valence-corrected chi connectivity index (χ1v) is 9.39. The summed E-state index contributed by atoms with van der Waals surface area (Å²) in [5.41, 5.74) is 0.456. The number of ether oxygens (including phenoxy) is 1. The summed E-state index contributed by atoms with van der Waals surface area (Å²) in [7, 11) is 0. The number of carbonyl (C=O) groups excluding carboxylic acids is 2. The van der Waals surface area contributed by atoms with Gasteiger partial charge in [0.2, 0.25) is 5.91 Å². The first-order valence-electron chi connectivity index (χ1n) is 9.39. The van der Waals surface area contributed by atoms with Gasteiger partial charge in [0.15, 0.2) is 5.82 Å². The summed E-state index contributed by atoms with van der Waals surface area (Å²) in [6.07, 6.45) is 1.95. The third-order valence-corrected chi connectivity index (χ3v) is 4.51. The predicted octanol–water partition coefficient (Wildman–Crippen LogP) is 1.71. The molecule has 9 heteroatoms. The lowest BCUT2D eigenvalue weighted by Gasteiger charge is -2.35. The highest BCUT2D eigenvalue weighted by Crippen LogP contribution is 2.15. The molecule has 0 atom stereocenters. The van der Waals surface area contributed by atoms with E-state index in [9.17, 15) is 9.59 Å². The van der Waals surface area contributed by atoms with Gasteiger partial charge in [-0.3, -0.25) is 9.69 Å². The van der Waals surface area contributed by atoms with Gasteiger partial charge in [0.1, 0.15) is 11.6 Å². The third-order valence-electron chi connectivity index (χ3n) is 4.51. The van der Waals surface area contributed by atoms with E-state index in [1.165, 1.54) is 0 Å². The largest absolute Gasteiger partial charge is 0.462 e. The maximum atomic E-state index is 12.0. The van der Waals surface area contributed by atoms with E-state index in [0.717, 1.165) is 32.0 Å². The van der Waals surface area contributed by atoms with Crippen LogP contribution < -0.4 is 10.2 Å². The van der Waals surface area contributed by atoms with E-state index in [2.05, 4.69) is 25.3 Å². The van der Waals surface area contributed by atoms with Crippen molar-refractivity contribution in [1.82, 2.24) is 15.0 Å². The second-order valence-corrected chi connectivity index (χ2v) is 6.58. The number of hydrogen-bond acceptors (Lipinski definition) is 8. The molecule has 2 aromatic heterocycles. The molecule has 1 amide bonds. The molecule has 2 aromatic rings. The van der Waals surface area contributed by atoms with Gasteiger partial charge in [-0.1, -0.05) is 5.16 Å². The highest BCUT2D eigenvalue weighted by Gasteiger charge is 2.19. The Hall–Kier alpha value is -2.94. The average Bonchev–Trinajstić information content (AvgIpc) is 3.11.